The van der Waals surface area contributed by atoms with Crippen molar-refractivity contribution in [2.45, 2.75) is 25.7 Å². The van der Waals surface area contributed by atoms with Crippen LogP contribution in [0.5, 0.6) is 0 Å². The second-order valence-corrected chi connectivity index (χ2v) is 6.62. The molecule has 0 aromatic heterocycles. The number of nitrogens with two attached hydrogens (primary N) is 1. The molecule has 0 spiro atoms. The van der Waals surface area contributed by atoms with Crippen LogP contribution < -0.4 is 10.5 Å². The summed E-state index contributed by atoms with van der Waals surface area (Å²) in [5.74, 6) is -0.457. The number of halogens is 1. The normalized spacial score (nSPS) is 11.4. The Morgan fingerprint density at radius 3 is 2.24 bits per heavy atom. The zero-order valence-electron chi connectivity index (χ0n) is 12.1. The van der Waals surface area contributed by atoms with E-state index in [1.165, 1.54) is 25.1 Å². The Balaban J connectivity index is 2.51. The van der Waals surface area contributed by atoms with E-state index < -0.39 is 15.8 Å². The van der Waals surface area contributed by atoms with E-state index in [0.29, 0.717) is 16.8 Å². The van der Waals surface area contributed by atoms with Crippen molar-refractivity contribution in [3.05, 3.63) is 52.8 Å². The highest BCUT2D eigenvalue weighted by Crippen LogP contribution is 2.27. The fourth-order valence-electron chi connectivity index (χ4n) is 2.32. The molecule has 6 heteroatoms. The SMILES string of the molecule is Cc1cc(N)cc(C)c1S(=O)(=O)Nc1cccc(F)c1C. The van der Waals surface area contributed by atoms with Crippen molar-refractivity contribution in [2.75, 3.05) is 10.5 Å². The average Bonchev–Trinajstić information content (AvgIpc) is 2.33. The van der Waals surface area contributed by atoms with Crippen LogP contribution in [0.1, 0.15) is 16.7 Å². The molecule has 0 atom stereocenters. The second kappa shape index (κ2) is 5.37. The lowest BCUT2D eigenvalue weighted by molar-refractivity contribution is 0.599. The third-order valence-corrected chi connectivity index (χ3v) is 4.93. The number of nitrogens with one attached hydrogen (secondary N) is 1. The smallest absolute Gasteiger partial charge is 0.262 e. The molecule has 0 saturated carbocycles. The van der Waals surface area contributed by atoms with Gasteiger partial charge in [0.2, 0.25) is 0 Å². The van der Waals surface area contributed by atoms with Gasteiger partial charge in [-0.2, -0.15) is 0 Å². The van der Waals surface area contributed by atoms with Gasteiger partial charge in [0.1, 0.15) is 5.82 Å². The van der Waals surface area contributed by atoms with Gasteiger partial charge in [-0.25, -0.2) is 12.8 Å². The van der Waals surface area contributed by atoms with Gasteiger partial charge in [-0.15, -0.1) is 0 Å². The molecule has 112 valence electrons. The number of aryl methyl sites for hydroxylation is 2. The number of anilines is 2. The van der Waals surface area contributed by atoms with Crippen LogP contribution in [0.25, 0.3) is 0 Å². The van der Waals surface area contributed by atoms with Gasteiger partial charge >= 0.3 is 0 Å². The molecule has 0 unspecified atom stereocenters. The Hall–Kier alpha value is -2.08. The second-order valence-electron chi connectivity index (χ2n) is 5.00. The third-order valence-electron chi connectivity index (χ3n) is 3.26. The largest absolute Gasteiger partial charge is 0.399 e. The van der Waals surface area contributed by atoms with E-state index in [0.717, 1.165) is 0 Å². The summed E-state index contributed by atoms with van der Waals surface area (Å²) in [5, 5.41) is 0. The number of nitrogen functional groups attached to an aromatic ring is 1. The minimum Gasteiger partial charge on any atom is -0.399 e. The Labute approximate surface area is 123 Å². The number of hydrogen-bond acceptors (Lipinski definition) is 3. The molecule has 0 aliphatic carbocycles. The highest BCUT2D eigenvalue weighted by atomic mass is 32.2. The summed E-state index contributed by atoms with van der Waals surface area (Å²) in [6, 6.07) is 7.47. The zero-order valence-corrected chi connectivity index (χ0v) is 12.9. The van der Waals surface area contributed by atoms with Crippen LogP contribution in [-0.4, -0.2) is 8.42 Å². The first kappa shape index (κ1) is 15.3. The van der Waals surface area contributed by atoms with Gasteiger partial charge in [-0.3, -0.25) is 4.72 Å². The summed E-state index contributed by atoms with van der Waals surface area (Å²) < 4.78 is 41.0. The van der Waals surface area contributed by atoms with Crippen LogP contribution in [0.2, 0.25) is 0 Å². The van der Waals surface area contributed by atoms with Crippen molar-refractivity contribution >= 4 is 21.4 Å². The Bertz CT molecular complexity index is 778. The molecule has 0 amide bonds. The number of rotatable bonds is 3. The lowest BCUT2D eigenvalue weighted by atomic mass is 10.1. The van der Waals surface area contributed by atoms with Gasteiger partial charge in [-0.1, -0.05) is 6.07 Å². The standard InChI is InChI=1S/C15H17FN2O2S/c1-9-7-12(17)8-10(2)15(9)21(19,20)18-14-6-4-5-13(16)11(14)3/h4-8,18H,17H2,1-3H3. The van der Waals surface area contributed by atoms with Gasteiger partial charge in [0, 0.05) is 11.3 Å². The predicted molar refractivity (Wildman–Crippen MR) is 82.3 cm³/mol. The Kier molecular flexibility index (Phi) is 3.91. The van der Waals surface area contributed by atoms with Crippen molar-refractivity contribution in [1.29, 1.82) is 0 Å². The molecular formula is C15H17FN2O2S. The lowest BCUT2D eigenvalue weighted by Gasteiger charge is -2.15. The van der Waals surface area contributed by atoms with Crippen LogP contribution >= 0.6 is 0 Å². The van der Waals surface area contributed by atoms with E-state index in [4.69, 9.17) is 5.73 Å². The molecule has 4 nitrogen and oxygen atoms in total. The molecule has 0 heterocycles. The van der Waals surface area contributed by atoms with Crippen molar-refractivity contribution in [1.82, 2.24) is 0 Å². The highest BCUT2D eigenvalue weighted by molar-refractivity contribution is 7.92. The predicted octanol–water partition coefficient (Wildman–Crippen LogP) is 3.13. The molecule has 21 heavy (non-hydrogen) atoms. The summed E-state index contributed by atoms with van der Waals surface area (Å²) >= 11 is 0. The van der Waals surface area contributed by atoms with E-state index in [1.54, 1.807) is 26.0 Å². The lowest BCUT2D eigenvalue weighted by Crippen LogP contribution is -2.17. The Morgan fingerprint density at radius 1 is 1.10 bits per heavy atom. The van der Waals surface area contributed by atoms with Crippen molar-refractivity contribution in [3.8, 4) is 0 Å². The molecule has 2 aromatic carbocycles. The van der Waals surface area contributed by atoms with Gasteiger partial charge in [-0.05, 0) is 56.2 Å². The molecular weight excluding hydrogens is 291 g/mol. The monoisotopic (exact) mass is 308 g/mol. The number of benzene rings is 2. The molecule has 0 aliphatic heterocycles. The van der Waals surface area contributed by atoms with Crippen molar-refractivity contribution < 1.29 is 12.8 Å². The van der Waals surface area contributed by atoms with E-state index in [9.17, 15) is 12.8 Å². The molecule has 2 rings (SSSR count). The first-order valence-corrected chi connectivity index (χ1v) is 7.85. The summed E-state index contributed by atoms with van der Waals surface area (Å²) in [7, 11) is -3.80. The molecule has 0 saturated heterocycles. The minimum absolute atomic E-state index is 0.167. The first-order chi connectivity index (χ1) is 9.72. The van der Waals surface area contributed by atoms with Gasteiger partial charge in [0.05, 0.1) is 10.6 Å². The van der Waals surface area contributed by atoms with Crippen LogP contribution in [0, 0.1) is 26.6 Å². The first-order valence-electron chi connectivity index (χ1n) is 6.37. The maximum atomic E-state index is 13.5. The maximum Gasteiger partial charge on any atom is 0.262 e. The average molecular weight is 308 g/mol. The molecule has 0 bridgehead atoms. The molecule has 0 aliphatic rings. The minimum atomic E-state index is -3.80. The summed E-state index contributed by atoms with van der Waals surface area (Å²) in [4.78, 5) is 0.167. The van der Waals surface area contributed by atoms with E-state index in [1.807, 2.05) is 0 Å². The van der Waals surface area contributed by atoms with Gasteiger partial charge < -0.3 is 5.73 Å². The molecule has 0 radical (unpaired) electrons. The van der Waals surface area contributed by atoms with Crippen LogP contribution in [0.3, 0.4) is 0 Å². The molecule has 2 aromatic rings. The fourth-order valence-corrected chi connectivity index (χ4v) is 3.90. The number of hydrogen-bond donors (Lipinski definition) is 2. The van der Waals surface area contributed by atoms with Crippen molar-refractivity contribution in [2.24, 2.45) is 0 Å². The quantitative estimate of drug-likeness (QED) is 0.856. The number of sulfonamides is 1. The topological polar surface area (TPSA) is 72.2 Å². The van der Waals surface area contributed by atoms with Gasteiger partial charge in [0.25, 0.3) is 10.0 Å². The van der Waals surface area contributed by atoms with Crippen LogP contribution in [0.4, 0.5) is 15.8 Å². The Morgan fingerprint density at radius 2 is 1.67 bits per heavy atom. The highest BCUT2D eigenvalue weighted by Gasteiger charge is 2.21. The summed E-state index contributed by atoms with van der Waals surface area (Å²) in [6.45, 7) is 4.88. The van der Waals surface area contributed by atoms with E-state index in [-0.39, 0.29) is 16.1 Å². The molecule has 0 fully saturated rings. The van der Waals surface area contributed by atoms with Gasteiger partial charge in [0.15, 0.2) is 0 Å². The van der Waals surface area contributed by atoms with Crippen LogP contribution in [0.15, 0.2) is 35.2 Å². The summed E-state index contributed by atoms with van der Waals surface area (Å²) in [6.07, 6.45) is 0. The summed E-state index contributed by atoms with van der Waals surface area (Å²) in [5.41, 5.74) is 7.79. The fraction of sp³-hybridized carbons (Fsp3) is 0.200. The van der Waals surface area contributed by atoms with E-state index >= 15 is 0 Å². The van der Waals surface area contributed by atoms with E-state index in [2.05, 4.69) is 4.72 Å². The van der Waals surface area contributed by atoms with Crippen molar-refractivity contribution in [3.63, 3.8) is 0 Å². The zero-order chi connectivity index (χ0) is 15.8. The maximum absolute atomic E-state index is 13.5. The van der Waals surface area contributed by atoms with Crippen LogP contribution in [-0.2, 0) is 10.0 Å². The third kappa shape index (κ3) is 3.00. The molecule has 3 N–H and O–H groups in total.